The third-order valence-corrected chi connectivity index (χ3v) is 8.06. The minimum Gasteiger partial charge on any atom is -0.353 e. The summed E-state index contributed by atoms with van der Waals surface area (Å²) in [5.74, 6) is -0.171. The van der Waals surface area contributed by atoms with Gasteiger partial charge in [-0.2, -0.15) is 0 Å². The zero-order valence-electron chi connectivity index (χ0n) is 21.4. The fourth-order valence-electron chi connectivity index (χ4n) is 4.35. The Morgan fingerprint density at radius 1 is 0.921 bits per heavy atom. The van der Waals surface area contributed by atoms with Gasteiger partial charge in [0.1, 0.15) is 0 Å². The highest BCUT2D eigenvalue weighted by Crippen LogP contribution is 2.26. The summed E-state index contributed by atoms with van der Waals surface area (Å²) in [6, 6.07) is 10.8. The van der Waals surface area contributed by atoms with Crippen molar-refractivity contribution in [2.75, 3.05) is 33.2 Å². The molecule has 1 aliphatic heterocycles. The van der Waals surface area contributed by atoms with Crippen molar-refractivity contribution < 1.29 is 9.59 Å². The van der Waals surface area contributed by atoms with Crippen LogP contribution in [0.4, 0.5) is 0 Å². The highest BCUT2D eigenvalue weighted by molar-refractivity contribution is 6.42. The van der Waals surface area contributed by atoms with Crippen molar-refractivity contribution in [3.8, 4) is 0 Å². The van der Waals surface area contributed by atoms with Crippen molar-refractivity contribution in [3.63, 3.8) is 0 Å². The maximum Gasteiger partial charge on any atom is 0.246 e. The third kappa shape index (κ3) is 9.62. The Morgan fingerprint density at radius 3 is 2.32 bits per heavy atom. The number of hydrogen-bond acceptors (Lipinski definition) is 3. The minimum atomic E-state index is -0.123. The molecule has 0 unspecified atom stereocenters. The summed E-state index contributed by atoms with van der Waals surface area (Å²) in [6.45, 7) is 3.62. The quantitative estimate of drug-likeness (QED) is 0.220. The number of nitrogens with one attached hydrogen (secondary N) is 1. The maximum atomic E-state index is 12.7. The van der Waals surface area contributed by atoms with Crippen molar-refractivity contribution in [3.05, 3.63) is 79.8 Å². The summed E-state index contributed by atoms with van der Waals surface area (Å²) in [5.41, 5.74) is 1.49. The van der Waals surface area contributed by atoms with Crippen LogP contribution < -0.4 is 5.32 Å². The van der Waals surface area contributed by atoms with Crippen molar-refractivity contribution in [2.24, 2.45) is 0 Å². The molecule has 1 heterocycles. The molecule has 0 aromatic heterocycles. The van der Waals surface area contributed by atoms with Crippen LogP contribution in [-0.4, -0.2) is 60.9 Å². The van der Waals surface area contributed by atoms with E-state index in [-0.39, 0.29) is 17.9 Å². The number of likely N-dealkylation sites (tertiary alicyclic amines) is 1. The third-order valence-electron chi connectivity index (χ3n) is 6.67. The van der Waals surface area contributed by atoms with Crippen molar-refractivity contribution in [2.45, 2.75) is 38.1 Å². The van der Waals surface area contributed by atoms with E-state index in [2.05, 4.69) is 10.2 Å². The molecule has 0 bridgehead atoms. The SMILES string of the molecule is CN(C(=O)/C=C/c1c(Cl)cccc1Cl)C1CCN(CCCCCNC(=O)/C=C/c2ccc(Cl)c(Cl)c2)CC1. The lowest BCUT2D eigenvalue weighted by molar-refractivity contribution is -0.127. The summed E-state index contributed by atoms with van der Waals surface area (Å²) >= 11 is 24.3. The number of nitrogens with zero attached hydrogens (tertiary/aromatic N) is 2. The van der Waals surface area contributed by atoms with Crippen LogP contribution in [0.2, 0.25) is 20.1 Å². The van der Waals surface area contributed by atoms with E-state index < -0.39 is 0 Å². The average Bonchev–Trinajstić information content (AvgIpc) is 2.90. The summed E-state index contributed by atoms with van der Waals surface area (Å²) in [7, 11) is 1.86. The second kappa shape index (κ2) is 15.5. The number of hydrogen-bond donors (Lipinski definition) is 1. The molecule has 2 aromatic carbocycles. The number of carbonyl (C=O) groups is 2. The normalized spacial score (nSPS) is 14.9. The molecule has 1 N–H and O–H groups in total. The number of amides is 2. The largest absolute Gasteiger partial charge is 0.353 e. The fourth-order valence-corrected chi connectivity index (χ4v) is 5.18. The Hall–Kier alpha value is -2.02. The lowest BCUT2D eigenvalue weighted by atomic mass is 10.0. The molecule has 204 valence electrons. The molecule has 0 atom stereocenters. The number of carbonyl (C=O) groups excluding carboxylic acids is 2. The summed E-state index contributed by atoms with van der Waals surface area (Å²) in [4.78, 5) is 29.0. The first-order valence-corrected chi connectivity index (χ1v) is 14.3. The van der Waals surface area contributed by atoms with Crippen LogP contribution in [-0.2, 0) is 9.59 Å². The highest BCUT2D eigenvalue weighted by Gasteiger charge is 2.24. The predicted octanol–water partition coefficient (Wildman–Crippen LogP) is 7.24. The molecule has 1 saturated heterocycles. The fraction of sp³-hybridized carbons (Fsp3) is 0.379. The Balaban J connectivity index is 1.28. The van der Waals surface area contributed by atoms with Gasteiger partial charge in [0.15, 0.2) is 0 Å². The van der Waals surface area contributed by atoms with E-state index >= 15 is 0 Å². The highest BCUT2D eigenvalue weighted by atomic mass is 35.5. The molecular formula is C29H33Cl4N3O2. The van der Waals surface area contributed by atoms with Crippen molar-refractivity contribution >= 4 is 70.4 Å². The van der Waals surface area contributed by atoms with E-state index in [0.29, 0.717) is 32.2 Å². The smallest absolute Gasteiger partial charge is 0.246 e. The van der Waals surface area contributed by atoms with Crippen LogP contribution in [0.5, 0.6) is 0 Å². The predicted molar refractivity (Wildman–Crippen MR) is 160 cm³/mol. The average molecular weight is 597 g/mol. The second-order valence-corrected chi connectivity index (χ2v) is 11.0. The van der Waals surface area contributed by atoms with Gasteiger partial charge in [-0.25, -0.2) is 0 Å². The number of rotatable bonds is 11. The Bertz CT molecular complexity index is 1140. The van der Waals surface area contributed by atoms with E-state index in [9.17, 15) is 9.59 Å². The number of unbranched alkanes of at least 4 members (excludes halogenated alkanes) is 2. The second-order valence-electron chi connectivity index (χ2n) is 9.35. The summed E-state index contributed by atoms with van der Waals surface area (Å²) in [6.07, 6.45) is 11.4. The number of piperidine rings is 1. The first-order valence-electron chi connectivity index (χ1n) is 12.8. The number of benzene rings is 2. The van der Waals surface area contributed by atoms with Gasteiger partial charge in [-0.15, -0.1) is 0 Å². The van der Waals surface area contributed by atoms with Gasteiger partial charge in [0.05, 0.1) is 10.0 Å². The first-order chi connectivity index (χ1) is 18.2. The van der Waals surface area contributed by atoms with Crippen molar-refractivity contribution in [1.82, 2.24) is 15.1 Å². The molecule has 2 amide bonds. The van der Waals surface area contributed by atoms with Crippen LogP contribution in [0.1, 0.15) is 43.2 Å². The molecular weight excluding hydrogens is 564 g/mol. The zero-order chi connectivity index (χ0) is 27.5. The van der Waals surface area contributed by atoms with Gasteiger partial charge in [0.25, 0.3) is 0 Å². The number of likely N-dealkylation sites (N-methyl/N-ethyl adjacent to an activating group) is 1. The van der Waals surface area contributed by atoms with E-state index in [1.54, 1.807) is 48.6 Å². The van der Waals surface area contributed by atoms with Gasteiger partial charge in [-0.05, 0) is 74.2 Å². The molecule has 0 aliphatic carbocycles. The molecule has 0 radical (unpaired) electrons. The molecule has 3 rings (SSSR count). The van der Waals surface area contributed by atoms with Gasteiger partial charge in [-0.3, -0.25) is 9.59 Å². The molecule has 2 aromatic rings. The number of halogens is 4. The van der Waals surface area contributed by atoms with Crippen molar-refractivity contribution in [1.29, 1.82) is 0 Å². The van der Waals surface area contributed by atoms with Crippen LogP contribution in [0.25, 0.3) is 12.2 Å². The molecule has 9 heteroatoms. The van der Waals surface area contributed by atoms with Crippen LogP contribution in [0.3, 0.4) is 0 Å². The van der Waals surface area contributed by atoms with Gasteiger partial charge in [-0.1, -0.05) is 65.0 Å². The molecule has 5 nitrogen and oxygen atoms in total. The topological polar surface area (TPSA) is 52.7 Å². The monoisotopic (exact) mass is 595 g/mol. The van der Waals surface area contributed by atoms with Crippen LogP contribution >= 0.6 is 46.4 Å². The molecule has 1 aliphatic rings. The van der Waals surface area contributed by atoms with Crippen LogP contribution in [0, 0.1) is 0 Å². The summed E-state index contributed by atoms with van der Waals surface area (Å²) in [5, 5.41) is 4.92. The zero-order valence-corrected chi connectivity index (χ0v) is 24.5. The molecule has 0 spiro atoms. The Kier molecular flexibility index (Phi) is 12.5. The molecule has 38 heavy (non-hydrogen) atoms. The van der Waals surface area contributed by atoms with E-state index in [4.69, 9.17) is 46.4 Å². The van der Waals surface area contributed by atoms with E-state index in [1.165, 1.54) is 6.08 Å². The lowest BCUT2D eigenvalue weighted by Crippen LogP contribution is -2.45. The van der Waals surface area contributed by atoms with Gasteiger partial charge in [0.2, 0.25) is 11.8 Å². The van der Waals surface area contributed by atoms with E-state index in [1.807, 2.05) is 18.0 Å². The van der Waals surface area contributed by atoms with Crippen LogP contribution in [0.15, 0.2) is 48.6 Å². The Labute approximate surface area is 245 Å². The van der Waals surface area contributed by atoms with Gasteiger partial charge in [0, 0.05) is 60.5 Å². The lowest BCUT2D eigenvalue weighted by Gasteiger charge is -2.36. The first kappa shape index (κ1) is 30.5. The molecule has 1 fully saturated rings. The van der Waals surface area contributed by atoms with E-state index in [0.717, 1.165) is 57.3 Å². The summed E-state index contributed by atoms with van der Waals surface area (Å²) < 4.78 is 0. The minimum absolute atomic E-state index is 0.0479. The van der Waals surface area contributed by atoms with Gasteiger partial charge >= 0.3 is 0 Å². The maximum absolute atomic E-state index is 12.7. The standard InChI is InChI=1S/C29H33Cl4N3O2/c1-35(29(38)13-10-23-24(30)6-5-7-25(23)31)22-14-18-36(19-15-22)17-4-2-3-16-34-28(37)12-9-21-8-11-26(32)27(33)20-21/h5-13,20,22H,2-4,14-19H2,1H3,(H,34,37)/b12-9+,13-10+. The van der Waals surface area contributed by atoms with Gasteiger partial charge < -0.3 is 15.1 Å². The molecule has 0 saturated carbocycles. The Morgan fingerprint density at radius 2 is 1.63 bits per heavy atom.